The highest BCUT2D eigenvalue weighted by molar-refractivity contribution is 6.04. The van der Waals surface area contributed by atoms with E-state index in [9.17, 15) is 4.79 Å². The normalized spacial score (nSPS) is 14.2. The maximum atomic E-state index is 12.4. The second-order valence-electron chi connectivity index (χ2n) is 6.02. The van der Waals surface area contributed by atoms with Crippen LogP contribution in [0, 0.1) is 0 Å². The highest BCUT2D eigenvalue weighted by Crippen LogP contribution is 2.19. The third-order valence-corrected chi connectivity index (χ3v) is 4.38. The van der Waals surface area contributed by atoms with Gasteiger partial charge >= 0.3 is 0 Å². The van der Waals surface area contributed by atoms with Crippen LogP contribution in [0.25, 0.3) is 10.9 Å². The molecule has 0 saturated carbocycles. The molecule has 0 atom stereocenters. The van der Waals surface area contributed by atoms with Gasteiger partial charge in [0.1, 0.15) is 5.82 Å². The maximum absolute atomic E-state index is 12.4. The number of amides is 1. The van der Waals surface area contributed by atoms with E-state index in [4.69, 9.17) is 0 Å². The van der Waals surface area contributed by atoms with Crippen molar-refractivity contribution in [3.05, 3.63) is 53.9 Å². The number of pyridine rings is 1. The number of para-hydroxylation sites is 1. The van der Waals surface area contributed by atoms with Crippen molar-refractivity contribution in [2.45, 2.75) is 19.4 Å². The number of carbonyl (C=O) groups is 1. The molecule has 3 aromatic rings. The zero-order valence-corrected chi connectivity index (χ0v) is 13.3. The number of nitrogens with one attached hydrogen (secondary N) is 2. The van der Waals surface area contributed by atoms with Crippen LogP contribution < -0.4 is 10.2 Å². The first-order valence-corrected chi connectivity index (χ1v) is 8.22. The summed E-state index contributed by atoms with van der Waals surface area (Å²) in [6.07, 6.45) is 4.24. The summed E-state index contributed by atoms with van der Waals surface area (Å²) in [5.74, 6) is 0.816. The van der Waals surface area contributed by atoms with Gasteiger partial charge in [0.05, 0.1) is 5.52 Å². The number of anilines is 1. The standard InChI is InChI=1S/C18H19N5O/c24-18(17-14-5-1-2-6-15(14)21-22-17)20-12-13-7-8-19-16(11-13)23-9-3-4-10-23/h1-2,5-8,11H,3-4,9-10,12H2,(H,20,24)(H,21,22). The first-order valence-electron chi connectivity index (χ1n) is 8.22. The van der Waals surface area contributed by atoms with Crippen molar-refractivity contribution in [3.63, 3.8) is 0 Å². The molecule has 1 amide bonds. The molecule has 0 spiro atoms. The van der Waals surface area contributed by atoms with Gasteiger partial charge in [-0.2, -0.15) is 5.10 Å². The Bertz CT molecular complexity index is 866. The summed E-state index contributed by atoms with van der Waals surface area (Å²) in [6.45, 7) is 2.58. The van der Waals surface area contributed by atoms with Gasteiger partial charge in [-0.15, -0.1) is 0 Å². The van der Waals surface area contributed by atoms with Gasteiger partial charge in [0.15, 0.2) is 5.69 Å². The minimum Gasteiger partial charge on any atom is -0.357 e. The number of aromatic nitrogens is 3. The molecule has 24 heavy (non-hydrogen) atoms. The Morgan fingerprint density at radius 3 is 2.92 bits per heavy atom. The van der Waals surface area contributed by atoms with Gasteiger partial charge in [0.25, 0.3) is 5.91 Å². The van der Waals surface area contributed by atoms with Crippen LogP contribution in [0.2, 0.25) is 0 Å². The zero-order valence-electron chi connectivity index (χ0n) is 13.3. The molecule has 0 radical (unpaired) electrons. The Morgan fingerprint density at radius 1 is 1.21 bits per heavy atom. The highest BCUT2D eigenvalue weighted by atomic mass is 16.1. The average molecular weight is 321 g/mol. The van der Waals surface area contributed by atoms with Gasteiger partial charge in [-0.25, -0.2) is 4.98 Å². The Hall–Kier alpha value is -2.89. The second kappa shape index (κ2) is 6.31. The Kier molecular flexibility index (Phi) is 3.86. The number of aromatic amines is 1. The van der Waals surface area contributed by atoms with E-state index in [1.807, 2.05) is 36.4 Å². The van der Waals surface area contributed by atoms with Crippen LogP contribution in [0.1, 0.15) is 28.9 Å². The van der Waals surface area contributed by atoms with Gasteiger partial charge < -0.3 is 10.2 Å². The van der Waals surface area contributed by atoms with Crippen LogP contribution in [0.4, 0.5) is 5.82 Å². The molecule has 122 valence electrons. The van der Waals surface area contributed by atoms with E-state index in [0.717, 1.165) is 35.4 Å². The summed E-state index contributed by atoms with van der Waals surface area (Å²) in [7, 11) is 0. The fourth-order valence-electron chi connectivity index (χ4n) is 3.09. The lowest BCUT2D eigenvalue weighted by atomic mass is 10.2. The minimum absolute atomic E-state index is 0.174. The smallest absolute Gasteiger partial charge is 0.272 e. The van der Waals surface area contributed by atoms with E-state index >= 15 is 0 Å². The molecule has 4 rings (SSSR count). The van der Waals surface area contributed by atoms with Crippen molar-refractivity contribution in [3.8, 4) is 0 Å². The van der Waals surface area contributed by atoms with Gasteiger partial charge in [0.2, 0.25) is 0 Å². The summed E-state index contributed by atoms with van der Waals surface area (Å²) in [5, 5.41) is 10.8. The third kappa shape index (κ3) is 2.82. The lowest BCUT2D eigenvalue weighted by Gasteiger charge is -2.16. The number of fused-ring (bicyclic) bond motifs is 1. The summed E-state index contributed by atoms with van der Waals surface area (Å²) in [5.41, 5.74) is 2.34. The highest BCUT2D eigenvalue weighted by Gasteiger charge is 2.15. The Morgan fingerprint density at radius 2 is 2.04 bits per heavy atom. The fraction of sp³-hybridized carbons (Fsp3) is 0.278. The van der Waals surface area contributed by atoms with Gasteiger partial charge in [-0.05, 0) is 36.6 Å². The van der Waals surface area contributed by atoms with E-state index in [1.54, 1.807) is 6.20 Å². The van der Waals surface area contributed by atoms with E-state index in [2.05, 4.69) is 25.4 Å². The molecule has 3 heterocycles. The first-order chi connectivity index (χ1) is 11.8. The topological polar surface area (TPSA) is 73.9 Å². The fourth-order valence-corrected chi connectivity index (χ4v) is 3.09. The van der Waals surface area contributed by atoms with Crippen molar-refractivity contribution >= 4 is 22.6 Å². The second-order valence-corrected chi connectivity index (χ2v) is 6.02. The van der Waals surface area contributed by atoms with Crippen molar-refractivity contribution in [2.75, 3.05) is 18.0 Å². The Labute approximate surface area is 139 Å². The van der Waals surface area contributed by atoms with Crippen LogP contribution in [0.15, 0.2) is 42.6 Å². The lowest BCUT2D eigenvalue weighted by molar-refractivity contribution is 0.0947. The number of nitrogens with zero attached hydrogens (tertiary/aromatic N) is 3. The van der Waals surface area contributed by atoms with E-state index in [0.29, 0.717) is 12.2 Å². The Balaban J connectivity index is 1.46. The molecule has 0 unspecified atom stereocenters. The molecule has 0 bridgehead atoms. The minimum atomic E-state index is -0.174. The van der Waals surface area contributed by atoms with Gasteiger partial charge in [0, 0.05) is 31.2 Å². The number of hydrogen-bond donors (Lipinski definition) is 2. The quantitative estimate of drug-likeness (QED) is 0.774. The molecule has 6 heteroatoms. The summed E-state index contributed by atoms with van der Waals surface area (Å²) in [4.78, 5) is 19.1. The van der Waals surface area contributed by atoms with Crippen LogP contribution in [-0.2, 0) is 6.54 Å². The van der Waals surface area contributed by atoms with E-state index < -0.39 is 0 Å². The SMILES string of the molecule is O=C(NCc1ccnc(N2CCCC2)c1)c1n[nH]c2ccccc12. The van der Waals surface area contributed by atoms with Crippen LogP contribution in [0.5, 0.6) is 0 Å². The van der Waals surface area contributed by atoms with E-state index in [-0.39, 0.29) is 5.91 Å². The first kappa shape index (κ1) is 14.7. The monoisotopic (exact) mass is 321 g/mol. The summed E-state index contributed by atoms with van der Waals surface area (Å²) < 4.78 is 0. The summed E-state index contributed by atoms with van der Waals surface area (Å²) >= 11 is 0. The largest absolute Gasteiger partial charge is 0.357 e. The predicted octanol–water partition coefficient (Wildman–Crippen LogP) is 2.49. The number of carbonyl (C=O) groups excluding carboxylic acids is 1. The van der Waals surface area contributed by atoms with Crippen molar-refractivity contribution in [1.29, 1.82) is 0 Å². The number of benzene rings is 1. The maximum Gasteiger partial charge on any atom is 0.272 e. The number of rotatable bonds is 4. The molecular weight excluding hydrogens is 302 g/mol. The molecule has 2 N–H and O–H groups in total. The molecule has 2 aromatic heterocycles. The molecule has 6 nitrogen and oxygen atoms in total. The van der Waals surface area contributed by atoms with Crippen LogP contribution >= 0.6 is 0 Å². The predicted molar refractivity (Wildman–Crippen MR) is 92.9 cm³/mol. The molecule has 1 aromatic carbocycles. The van der Waals surface area contributed by atoms with Crippen molar-refractivity contribution in [1.82, 2.24) is 20.5 Å². The zero-order chi connectivity index (χ0) is 16.4. The molecular formula is C18H19N5O. The van der Waals surface area contributed by atoms with Gasteiger partial charge in [-0.3, -0.25) is 9.89 Å². The van der Waals surface area contributed by atoms with Crippen LogP contribution in [0.3, 0.4) is 0 Å². The summed E-state index contributed by atoms with van der Waals surface area (Å²) in [6, 6.07) is 11.6. The molecule has 1 aliphatic heterocycles. The van der Waals surface area contributed by atoms with Crippen molar-refractivity contribution in [2.24, 2.45) is 0 Å². The number of H-pyrrole nitrogens is 1. The average Bonchev–Trinajstić information content (AvgIpc) is 3.29. The lowest BCUT2D eigenvalue weighted by Crippen LogP contribution is -2.24. The molecule has 1 fully saturated rings. The van der Waals surface area contributed by atoms with Gasteiger partial charge in [-0.1, -0.05) is 18.2 Å². The van der Waals surface area contributed by atoms with E-state index in [1.165, 1.54) is 12.8 Å². The van der Waals surface area contributed by atoms with Crippen LogP contribution in [-0.4, -0.2) is 34.2 Å². The van der Waals surface area contributed by atoms with Crippen molar-refractivity contribution < 1.29 is 4.79 Å². The third-order valence-electron chi connectivity index (χ3n) is 4.38. The molecule has 0 aliphatic carbocycles. The molecule has 1 aliphatic rings. The molecule has 1 saturated heterocycles. The number of hydrogen-bond acceptors (Lipinski definition) is 4.